The molecule has 7 heteroatoms. The van der Waals surface area contributed by atoms with Crippen molar-refractivity contribution in [3.63, 3.8) is 0 Å². The zero-order chi connectivity index (χ0) is 20.1. The van der Waals surface area contributed by atoms with Crippen LogP contribution in [-0.4, -0.2) is 47.6 Å². The van der Waals surface area contributed by atoms with Crippen LogP contribution in [0.5, 0.6) is 0 Å². The fraction of sp³-hybridized carbons (Fsp3) is 0.318. The number of aromatic amines is 1. The maximum Gasteiger partial charge on any atom is 0.252 e. The van der Waals surface area contributed by atoms with E-state index in [4.69, 9.17) is 4.74 Å². The molecule has 1 saturated heterocycles. The normalized spacial score (nSPS) is 16.1. The minimum atomic E-state index is -0.249. The highest BCUT2D eigenvalue weighted by Gasteiger charge is 2.17. The summed E-state index contributed by atoms with van der Waals surface area (Å²) in [7, 11) is 0. The molecule has 3 N–H and O–H groups in total. The topological polar surface area (TPSA) is 96.1 Å². The first-order valence-corrected chi connectivity index (χ1v) is 9.89. The second kappa shape index (κ2) is 8.87. The summed E-state index contributed by atoms with van der Waals surface area (Å²) in [6, 6.07) is 9.64. The Kier molecular flexibility index (Phi) is 5.86. The molecule has 2 aromatic heterocycles. The molecule has 1 aliphatic rings. The summed E-state index contributed by atoms with van der Waals surface area (Å²) in [6.07, 6.45) is 7.67. The Morgan fingerprint density at radius 2 is 1.93 bits per heavy atom. The number of nitrogens with one attached hydrogen (secondary N) is 3. The Hall–Kier alpha value is -3.19. The molecule has 0 radical (unpaired) electrons. The first-order chi connectivity index (χ1) is 14.2. The van der Waals surface area contributed by atoms with Crippen molar-refractivity contribution in [3.8, 4) is 0 Å². The highest BCUT2D eigenvalue weighted by atomic mass is 16.5. The number of carbonyl (C=O) groups excluding carboxylic acids is 2. The second-order valence-corrected chi connectivity index (χ2v) is 7.17. The lowest BCUT2D eigenvalue weighted by Crippen LogP contribution is -2.32. The lowest BCUT2D eigenvalue weighted by Gasteiger charge is -2.11. The quantitative estimate of drug-likeness (QED) is 0.575. The molecule has 3 heterocycles. The van der Waals surface area contributed by atoms with E-state index in [-0.39, 0.29) is 17.9 Å². The van der Waals surface area contributed by atoms with Gasteiger partial charge in [-0.15, -0.1) is 0 Å². The molecule has 3 aromatic rings. The molecular weight excluding hydrogens is 368 g/mol. The third-order valence-corrected chi connectivity index (χ3v) is 5.13. The van der Waals surface area contributed by atoms with Gasteiger partial charge in [0.1, 0.15) is 0 Å². The van der Waals surface area contributed by atoms with Gasteiger partial charge in [-0.3, -0.25) is 14.6 Å². The Balaban J connectivity index is 1.31. The van der Waals surface area contributed by atoms with Gasteiger partial charge in [0.2, 0.25) is 0 Å². The summed E-state index contributed by atoms with van der Waals surface area (Å²) in [5, 5.41) is 6.91. The molecule has 1 unspecified atom stereocenters. The number of ether oxygens (including phenoxy) is 1. The molecule has 0 saturated carbocycles. The molecular formula is C22H24N4O3. The van der Waals surface area contributed by atoms with Crippen LogP contribution in [0.15, 0.2) is 48.9 Å². The Bertz CT molecular complexity index is 1010. The fourth-order valence-corrected chi connectivity index (χ4v) is 3.55. The number of carbonyl (C=O) groups is 2. The van der Waals surface area contributed by atoms with Gasteiger partial charge in [-0.05, 0) is 37.0 Å². The number of rotatable bonds is 7. The van der Waals surface area contributed by atoms with Crippen LogP contribution >= 0.6 is 0 Å². The molecule has 7 nitrogen and oxygen atoms in total. The molecule has 0 bridgehead atoms. The molecule has 2 amide bonds. The summed E-state index contributed by atoms with van der Waals surface area (Å²) in [5.41, 5.74) is 2.97. The lowest BCUT2D eigenvalue weighted by molar-refractivity contribution is 0.0857. The average molecular weight is 392 g/mol. The van der Waals surface area contributed by atoms with Gasteiger partial charge in [0.25, 0.3) is 11.8 Å². The van der Waals surface area contributed by atoms with Crippen molar-refractivity contribution < 1.29 is 14.3 Å². The number of amides is 2. The van der Waals surface area contributed by atoms with E-state index in [9.17, 15) is 9.59 Å². The third-order valence-electron chi connectivity index (χ3n) is 5.13. The fourth-order valence-electron chi connectivity index (χ4n) is 3.55. The van der Waals surface area contributed by atoms with Gasteiger partial charge in [0.05, 0.1) is 17.2 Å². The van der Waals surface area contributed by atoms with Crippen molar-refractivity contribution >= 4 is 22.7 Å². The summed E-state index contributed by atoms with van der Waals surface area (Å²) < 4.78 is 5.51. The van der Waals surface area contributed by atoms with E-state index < -0.39 is 0 Å². The smallest absolute Gasteiger partial charge is 0.252 e. The number of fused-ring (bicyclic) bond motifs is 1. The first kappa shape index (κ1) is 19.1. The lowest BCUT2D eigenvalue weighted by atomic mass is 10.1. The predicted molar refractivity (Wildman–Crippen MR) is 110 cm³/mol. The van der Waals surface area contributed by atoms with Gasteiger partial charge >= 0.3 is 0 Å². The van der Waals surface area contributed by atoms with E-state index in [1.807, 2.05) is 24.4 Å². The number of aromatic nitrogens is 2. The van der Waals surface area contributed by atoms with E-state index in [2.05, 4.69) is 26.7 Å². The number of pyridine rings is 1. The number of nitrogens with zero attached hydrogens (tertiary/aromatic N) is 1. The summed E-state index contributed by atoms with van der Waals surface area (Å²) in [5.74, 6) is -0.493. The molecule has 1 aliphatic heterocycles. The number of para-hydroxylation sites is 1. The highest BCUT2D eigenvalue weighted by Crippen LogP contribution is 2.17. The van der Waals surface area contributed by atoms with Crippen molar-refractivity contribution in [1.82, 2.24) is 20.6 Å². The maximum atomic E-state index is 12.5. The Labute approximate surface area is 168 Å². The monoisotopic (exact) mass is 392 g/mol. The molecule has 4 rings (SSSR count). The van der Waals surface area contributed by atoms with Crippen LogP contribution < -0.4 is 10.6 Å². The molecule has 0 spiro atoms. The van der Waals surface area contributed by atoms with Gasteiger partial charge in [-0.25, -0.2) is 0 Å². The highest BCUT2D eigenvalue weighted by molar-refractivity contribution is 5.99. The zero-order valence-electron chi connectivity index (χ0n) is 16.1. The van der Waals surface area contributed by atoms with Crippen molar-refractivity contribution in [1.29, 1.82) is 0 Å². The zero-order valence-corrected chi connectivity index (χ0v) is 16.1. The molecule has 150 valence electrons. The predicted octanol–water partition coefficient (Wildman–Crippen LogP) is 2.44. The molecule has 0 aliphatic carbocycles. The molecule has 1 atom stereocenters. The molecule has 1 fully saturated rings. The van der Waals surface area contributed by atoms with E-state index in [1.54, 1.807) is 6.07 Å². The molecule has 1 aromatic carbocycles. The molecule has 29 heavy (non-hydrogen) atoms. The standard InChI is InChI=1S/C22H24N4O3/c27-21(24-8-7-15-13-25-20-6-2-1-5-19(15)20)16-10-17(12-23-11-16)22(28)26-14-18-4-3-9-29-18/h1-2,5-6,10-13,18,25H,3-4,7-9,14H2,(H,24,27)(H,26,28). The van der Waals surface area contributed by atoms with Gasteiger partial charge in [-0.2, -0.15) is 0 Å². The van der Waals surface area contributed by atoms with Crippen LogP contribution in [0, 0.1) is 0 Å². The van der Waals surface area contributed by atoms with Crippen LogP contribution in [0.25, 0.3) is 10.9 Å². The van der Waals surface area contributed by atoms with E-state index in [0.29, 0.717) is 30.6 Å². The summed E-state index contributed by atoms with van der Waals surface area (Å²) in [4.78, 5) is 32.1. The number of H-pyrrole nitrogens is 1. The van der Waals surface area contributed by atoms with E-state index >= 15 is 0 Å². The van der Waals surface area contributed by atoms with Gasteiger partial charge in [0, 0.05) is 49.2 Å². The van der Waals surface area contributed by atoms with E-state index in [0.717, 1.165) is 35.9 Å². The Morgan fingerprint density at radius 1 is 1.14 bits per heavy atom. The van der Waals surface area contributed by atoms with Crippen molar-refractivity contribution in [2.45, 2.75) is 25.4 Å². The minimum Gasteiger partial charge on any atom is -0.376 e. The van der Waals surface area contributed by atoms with Crippen LogP contribution in [0.4, 0.5) is 0 Å². The van der Waals surface area contributed by atoms with E-state index in [1.165, 1.54) is 12.4 Å². The number of benzene rings is 1. The minimum absolute atomic E-state index is 0.0721. The van der Waals surface area contributed by atoms with Gasteiger partial charge in [-0.1, -0.05) is 18.2 Å². The summed E-state index contributed by atoms with van der Waals surface area (Å²) in [6.45, 7) is 1.71. The Morgan fingerprint density at radius 3 is 2.72 bits per heavy atom. The number of hydrogen-bond donors (Lipinski definition) is 3. The summed E-state index contributed by atoms with van der Waals surface area (Å²) >= 11 is 0. The van der Waals surface area contributed by atoms with Crippen LogP contribution in [-0.2, 0) is 11.2 Å². The third kappa shape index (κ3) is 4.63. The van der Waals surface area contributed by atoms with Crippen LogP contribution in [0.1, 0.15) is 39.1 Å². The maximum absolute atomic E-state index is 12.5. The second-order valence-electron chi connectivity index (χ2n) is 7.17. The van der Waals surface area contributed by atoms with Gasteiger partial charge < -0.3 is 20.4 Å². The average Bonchev–Trinajstić information content (AvgIpc) is 3.42. The van der Waals surface area contributed by atoms with Crippen LogP contribution in [0.2, 0.25) is 0 Å². The van der Waals surface area contributed by atoms with Gasteiger partial charge in [0.15, 0.2) is 0 Å². The SMILES string of the molecule is O=C(NCCc1c[nH]c2ccccc12)c1cncc(C(=O)NCC2CCCO2)c1. The largest absolute Gasteiger partial charge is 0.376 e. The van der Waals surface area contributed by atoms with Crippen molar-refractivity contribution in [2.75, 3.05) is 19.7 Å². The van der Waals surface area contributed by atoms with Crippen molar-refractivity contribution in [2.24, 2.45) is 0 Å². The number of hydrogen-bond acceptors (Lipinski definition) is 4. The first-order valence-electron chi connectivity index (χ1n) is 9.89. The van der Waals surface area contributed by atoms with Crippen LogP contribution in [0.3, 0.4) is 0 Å². The van der Waals surface area contributed by atoms with Crippen molar-refractivity contribution in [3.05, 3.63) is 65.6 Å².